The number of fused-ring (bicyclic) bond motifs is 8. The molecule has 0 saturated carbocycles. The maximum atomic E-state index is 14.9. The lowest BCUT2D eigenvalue weighted by Crippen LogP contribution is -2.59. The number of carbonyl (C=O) groups is 8. The molecule has 1 fully saturated rings. The summed E-state index contributed by atoms with van der Waals surface area (Å²) in [5, 5.41) is 18.7. The molecule has 1 saturated heterocycles. The molecule has 0 aliphatic carbocycles. The molecule has 6 atom stereocenters. The van der Waals surface area contributed by atoms with Gasteiger partial charge in [0.15, 0.2) is 0 Å². The third-order valence-electron chi connectivity index (χ3n) is 16.4. The number of hydrogen-bond donors (Lipinski definition) is 7. The van der Waals surface area contributed by atoms with Crippen LogP contribution in [0, 0.1) is 0 Å². The molecule has 0 unspecified atom stereocenters. The highest BCUT2D eigenvalue weighted by Gasteiger charge is 2.36. The first kappa shape index (κ1) is 66.5. The Balaban J connectivity index is 0.824. The highest BCUT2D eigenvalue weighted by atomic mass is 19.4. The van der Waals surface area contributed by atoms with Crippen molar-refractivity contribution in [1.82, 2.24) is 52.0 Å². The minimum Gasteiger partial charge on any atom is -0.457 e. The van der Waals surface area contributed by atoms with Crippen molar-refractivity contribution in [3.63, 3.8) is 0 Å². The number of nitrogens with zero attached hydrogens (tertiary/aromatic N) is 3. The molecule has 7 aromatic rings. The number of pyridine rings is 1. The molecule has 6 aromatic carbocycles. The molecule has 8 amide bonds. The third-order valence-corrected chi connectivity index (χ3v) is 16.4. The van der Waals surface area contributed by atoms with Gasteiger partial charge in [-0.1, -0.05) is 109 Å². The van der Waals surface area contributed by atoms with Gasteiger partial charge >= 0.3 is 6.18 Å². The van der Waals surface area contributed by atoms with Gasteiger partial charge in [0.25, 0.3) is 5.91 Å². The molecular weight excluding hydrogens is 1210 g/mol. The van der Waals surface area contributed by atoms with Gasteiger partial charge in [-0.3, -0.25) is 48.2 Å². The van der Waals surface area contributed by atoms with E-state index in [2.05, 4.69) is 41.8 Å². The highest BCUT2D eigenvalue weighted by Crippen LogP contribution is 2.28. The quantitative estimate of drug-likeness (QED) is 0.0625. The monoisotopic (exact) mass is 1280 g/mol. The fraction of sp³-hybridized carbons (Fsp3) is 0.310. The summed E-state index contributed by atoms with van der Waals surface area (Å²) in [6.45, 7) is 1.72. The number of aromatic nitrogens is 1. The number of rotatable bonds is 14. The summed E-state index contributed by atoms with van der Waals surface area (Å²) in [5.41, 5.74) is 5.24. The van der Waals surface area contributed by atoms with E-state index in [1.54, 1.807) is 89.8 Å². The van der Waals surface area contributed by atoms with Crippen LogP contribution in [0.25, 0.3) is 0 Å². The van der Waals surface area contributed by atoms with E-state index >= 15 is 0 Å². The van der Waals surface area contributed by atoms with E-state index < -0.39 is 90.3 Å². The predicted molar refractivity (Wildman–Crippen MR) is 342 cm³/mol. The Kier molecular flexibility index (Phi) is 22.1. The van der Waals surface area contributed by atoms with Gasteiger partial charge in [0.1, 0.15) is 71.5 Å². The van der Waals surface area contributed by atoms with Gasteiger partial charge in [-0.15, -0.1) is 0 Å². The second kappa shape index (κ2) is 31.3. The third kappa shape index (κ3) is 19.3. The zero-order valence-corrected chi connectivity index (χ0v) is 51.7. The van der Waals surface area contributed by atoms with Crippen molar-refractivity contribution in [2.24, 2.45) is 0 Å². The zero-order valence-electron chi connectivity index (χ0n) is 51.7. The van der Waals surface area contributed by atoms with Crippen molar-refractivity contribution in [3.05, 3.63) is 221 Å². The normalized spacial score (nSPS) is 19.9. The first-order chi connectivity index (χ1) is 45.3. The van der Waals surface area contributed by atoms with Crippen molar-refractivity contribution in [1.29, 1.82) is 0 Å². The van der Waals surface area contributed by atoms with Crippen LogP contribution < -0.4 is 46.7 Å². The van der Waals surface area contributed by atoms with Gasteiger partial charge in [0, 0.05) is 71.5 Å². The molecule has 0 radical (unpaired) electrons. The van der Waals surface area contributed by atoms with Crippen LogP contribution in [0.4, 0.5) is 13.2 Å². The Labute approximate surface area is 541 Å². The number of alkyl halides is 3. The number of carbonyl (C=O) groups excluding carboxylic acids is 8. The van der Waals surface area contributed by atoms with E-state index in [4.69, 9.17) is 9.47 Å². The number of halogens is 3. The lowest BCUT2D eigenvalue weighted by Gasteiger charge is -2.37. The maximum Gasteiger partial charge on any atom is 0.405 e. The van der Waals surface area contributed by atoms with Crippen molar-refractivity contribution in [3.8, 4) is 23.0 Å². The van der Waals surface area contributed by atoms with E-state index in [0.717, 1.165) is 22.3 Å². The molecule has 23 heteroatoms. The lowest BCUT2D eigenvalue weighted by molar-refractivity contribution is -0.141. The molecule has 3 aliphatic rings. The molecule has 3 aliphatic heterocycles. The Morgan fingerprint density at radius 2 is 0.989 bits per heavy atom. The number of aryl methyl sites for hydroxylation is 2. The number of benzene rings is 6. The van der Waals surface area contributed by atoms with Gasteiger partial charge in [-0.2, -0.15) is 13.2 Å². The zero-order chi connectivity index (χ0) is 66.1. The Hall–Kier alpha value is -10.4. The van der Waals surface area contributed by atoms with Crippen LogP contribution in [-0.4, -0.2) is 137 Å². The maximum absolute atomic E-state index is 14.9. The van der Waals surface area contributed by atoms with Gasteiger partial charge < -0.3 is 51.6 Å². The van der Waals surface area contributed by atoms with Crippen LogP contribution in [-0.2, 0) is 78.6 Å². The summed E-state index contributed by atoms with van der Waals surface area (Å²) in [6, 6.07) is 42.5. The van der Waals surface area contributed by atoms with Crippen LogP contribution in [0.2, 0.25) is 0 Å². The number of nitrogens with one attached hydrogen (secondary N) is 7. The van der Waals surface area contributed by atoms with E-state index in [-0.39, 0.29) is 56.5 Å². The molecule has 1 aromatic heterocycles. The lowest BCUT2D eigenvalue weighted by atomic mass is 10.00. The Morgan fingerprint density at radius 1 is 0.521 bits per heavy atom. The number of hydrogen-bond acceptors (Lipinski definition) is 12. The second-order valence-corrected chi connectivity index (χ2v) is 23.7. The summed E-state index contributed by atoms with van der Waals surface area (Å²) in [7, 11) is 0. The molecule has 94 heavy (non-hydrogen) atoms. The van der Waals surface area contributed by atoms with Crippen LogP contribution in [0.1, 0.15) is 69.2 Å². The molecule has 8 bridgehead atoms. The number of piperazine rings is 1. The van der Waals surface area contributed by atoms with E-state index in [0.29, 0.717) is 78.8 Å². The van der Waals surface area contributed by atoms with Crippen LogP contribution in [0.3, 0.4) is 0 Å². The summed E-state index contributed by atoms with van der Waals surface area (Å²) in [4.78, 5) is 120. The van der Waals surface area contributed by atoms with Gasteiger partial charge in [0.2, 0.25) is 41.4 Å². The SMILES string of the molecule is CC(=O)N[C@H]1Cc2cccc(c2)Oc2cccc(c2)C[C@@H](C(=O)NCC(F)(F)F)NC(=O)[C@H](CCc2ccc(CN3CCN(C(=O)[C@@H]4Cc5cccc(c5)Oc5cccc(c5)C[C@H](NC(=O)c5ccccn5)C(=O)N[C@@H](CCc5ccccc5)C(=O)N4)CC3)cc2)NC1=O. The predicted octanol–water partition coefficient (Wildman–Crippen LogP) is 6.39. The van der Waals surface area contributed by atoms with Crippen LogP contribution in [0.5, 0.6) is 23.0 Å². The van der Waals surface area contributed by atoms with Crippen molar-refractivity contribution < 1.29 is 61.0 Å². The average Bonchev–Trinajstić information content (AvgIpc) is 1.39. The molecular formula is C71H73F3N10O10. The topological polar surface area (TPSA) is 259 Å². The molecule has 488 valence electrons. The van der Waals surface area contributed by atoms with Crippen molar-refractivity contribution in [2.75, 3.05) is 32.7 Å². The smallest absolute Gasteiger partial charge is 0.405 e. The van der Waals surface area contributed by atoms with Crippen LogP contribution in [0.15, 0.2) is 176 Å². The van der Waals surface area contributed by atoms with Crippen molar-refractivity contribution in [2.45, 2.75) is 107 Å². The fourth-order valence-electron chi connectivity index (χ4n) is 11.6. The Bertz CT molecular complexity index is 3830. The first-order valence-electron chi connectivity index (χ1n) is 31.2. The summed E-state index contributed by atoms with van der Waals surface area (Å²) < 4.78 is 52.6. The standard InChI is InChI=1S/C71H73F3N10O10/c1-45(85)77-61-40-50-14-8-18-54(36-50)93-53-17-7-13-49(35-53)39-60(64(86)76-44-71(72,73)74)80-66(88)58(78-68(61)90)29-27-47-22-24-48(25-23-47)43-83-31-33-84(34-32-83)70(92)63-42-52-16-10-20-56(38-52)94-55-19-9-15-51(37-55)41-62(81-65(87)57-21-5-6-30-75-57)69(91)79-59(67(89)82-63)28-26-46-11-3-2-4-12-46/h2-25,30,35-38,58-63H,26-29,31-34,39-44H2,1H3,(H,76,86)(H,77,85)(H,78,90)(H,79,91)(H,80,88)(H,81,87)(H,82,89)/t58-,59-,60-,61-,62-,63-/m0/s1. The fourth-order valence-corrected chi connectivity index (χ4v) is 11.6. The Morgan fingerprint density at radius 3 is 1.49 bits per heavy atom. The highest BCUT2D eigenvalue weighted by molar-refractivity contribution is 5.98. The molecule has 4 heterocycles. The summed E-state index contributed by atoms with van der Waals surface area (Å²) in [5.74, 6) is -3.53. The minimum absolute atomic E-state index is 0.00506. The first-order valence-corrected chi connectivity index (χ1v) is 31.2. The number of amides is 8. The molecule has 20 nitrogen and oxygen atoms in total. The van der Waals surface area contributed by atoms with Crippen LogP contribution >= 0.6 is 0 Å². The minimum atomic E-state index is -4.74. The van der Waals surface area contributed by atoms with E-state index in [1.807, 2.05) is 84.2 Å². The van der Waals surface area contributed by atoms with Crippen molar-refractivity contribution >= 4 is 47.3 Å². The van der Waals surface area contributed by atoms with Gasteiger partial charge in [0.05, 0.1) is 0 Å². The number of ether oxygens (including phenoxy) is 2. The summed E-state index contributed by atoms with van der Waals surface area (Å²) >= 11 is 0. The average molecular weight is 1280 g/mol. The molecule has 7 N–H and O–H groups in total. The van der Waals surface area contributed by atoms with Gasteiger partial charge in [-0.05, 0) is 125 Å². The summed E-state index contributed by atoms with van der Waals surface area (Å²) in [6.07, 6.45) is -2.56. The molecule has 0 spiro atoms. The molecule has 10 rings (SSSR count). The second-order valence-electron chi connectivity index (χ2n) is 23.7. The largest absolute Gasteiger partial charge is 0.457 e. The van der Waals surface area contributed by atoms with E-state index in [9.17, 15) is 51.5 Å². The van der Waals surface area contributed by atoms with E-state index in [1.165, 1.54) is 19.2 Å². The van der Waals surface area contributed by atoms with Gasteiger partial charge in [-0.25, -0.2) is 0 Å².